The fourth-order valence-corrected chi connectivity index (χ4v) is 4.30. The number of allylic oxidation sites excluding steroid dienone is 3. The molecule has 0 aromatic heterocycles. The summed E-state index contributed by atoms with van der Waals surface area (Å²) in [6.45, 7) is 4.28. The molecule has 5 nitrogen and oxygen atoms in total. The largest absolute Gasteiger partial charge is 0.875 e. The lowest BCUT2D eigenvalue weighted by Gasteiger charge is -2.23. The Bertz CT molecular complexity index is 836. The SMILES string of the molecule is CCCCC1=C(/C(=O)OCC)CCCCCCCCCC/C([O-])=C\1C=Nc1ccc(OC)cc1. The zero-order chi connectivity index (χ0) is 24.6. The smallest absolute Gasteiger partial charge is 0.334 e. The number of rotatable bonds is 8. The summed E-state index contributed by atoms with van der Waals surface area (Å²) < 4.78 is 10.7. The second-order valence-corrected chi connectivity index (χ2v) is 8.90. The van der Waals surface area contributed by atoms with Gasteiger partial charge in [0, 0.05) is 11.8 Å². The molecule has 5 heteroatoms. The summed E-state index contributed by atoms with van der Waals surface area (Å²) in [4.78, 5) is 17.7. The van der Waals surface area contributed by atoms with Crippen LogP contribution in [0.4, 0.5) is 5.69 Å². The molecule has 1 aromatic carbocycles. The third-order valence-corrected chi connectivity index (χ3v) is 6.29. The van der Waals surface area contributed by atoms with Gasteiger partial charge in [-0.25, -0.2) is 4.79 Å². The lowest BCUT2D eigenvalue weighted by atomic mass is 9.90. The maximum absolute atomic E-state index is 13.5. The van der Waals surface area contributed by atoms with Gasteiger partial charge in [-0.05, 0) is 74.4 Å². The third-order valence-electron chi connectivity index (χ3n) is 6.29. The highest BCUT2D eigenvalue weighted by atomic mass is 16.5. The summed E-state index contributed by atoms with van der Waals surface area (Å²) in [5.41, 5.74) is 2.81. The van der Waals surface area contributed by atoms with Crippen LogP contribution in [-0.4, -0.2) is 25.9 Å². The maximum atomic E-state index is 13.5. The number of esters is 1. The number of carbonyl (C=O) groups excluding carboxylic acids is 1. The Kier molecular flexibility index (Phi) is 13.1. The standard InChI is InChI=1S/C29H43NO4/c1-4-6-15-25-26(29(32)34-5-2)16-13-11-9-7-8-10-12-14-17-28(31)27(25)22-30-23-18-20-24(33-3)21-19-23/h18-22,31H,4-17H2,1-3H3/p-1/b26-25-,28-27+,30-22?. The number of aliphatic imine (C=N–C) groups is 1. The van der Waals surface area contributed by atoms with Crippen LogP contribution in [0.2, 0.25) is 0 Å². The fourth-order valence-electron chi connectivity index (χ4n) is 4.30. The molecule has 1 aliphatic rings. The number of unbranched alkanes of at least 4 members (excludes halogenated alkanes) is 1. The van der Waals surface area contributed by atoms with Gasteiger partial charge in [-0.3, -0.25) is 4.99 Å². The first-order chi connectivity index (χ1) is 16.6. The van der Waals surface area contributed by atoms with Crippen molar-refractivity contribution in [3.05, 3.63) is 46.7 Å². The van der Waals surface area contributed by atoms with Crippen LogP contribution in [0.25, 0.3) is 0 Å². The molecular weight excluding hydrogens is 426 g/mol. The number of methoxy groups -OCH3 is 1. The number of hydrogen-bond donors (Lipinski definition) is 0. The Morgan fingerprint density at radius 1 is 0.971 bits per heavy atom. The van der Waals surface area contributed by atoms with Crippen LogP contribution in [0.5, 0.6) is 5.75 Å². The minimum Gasteiger partial charge on any atom is -0.875 e. The van der Waals surface area contributed by atoms with Gasteiger partial charge in [0.05, 0.1) is 19.4 Å². The Morgan fingerprint density at radius 3 is 2.18 bits per heavy atom. The third kappa shape index (κ3) is 9.36. The topological polar surface area (TPSA) is 71.0 Å². The molecular formula is C29H42NO4-. The van der Waals surface area contributed by atoms with E-state index in [1.807, 2.05) is 31.2 Å². The highest BCUT2D eigenvalue weighted by Gasteiger charge is 2.19. The van der Waals surface area contributed by atoms with Crippen molar-refractivity contribution in [3.8, 4) is 5.75 Å². The summed E-state index contributed by atoms with van der Waals surface area (Å²) in [5.74, 6) is 0.542. The van der Waals surface area contributed by atoms with Gasteiger partial charge in [0.15, 0.2) is 0 Å². The van der Waals surface area contributed by atoms with Crippen molar-refractivity contribution in [2.45, 2.75) is 97.3 Å². The Labute approximate surface area is 206 Å². The molecule has 0 spiro atoms. The van der Waals surface area contributed by atoms with Crippen LogP contribution in [0.3, 0.4) is 0 Å². The molecule has 0 heterocycles. The van der Waals surface area contributed by atoms with Gasteiger partial charge in [0.2, 0.25) is 0 Å². The van der Waals surface area contributed by atoms with Gasteiger partial charge in [0.25, 0.3) is 0 Å². The molecule has 0 saturated carbocycles. The van der Waals surface area contributed by atoms with Crippen molar-refractivity contribution in [2.24, 2.45) is 4.99 Å². The van der Waals surface area contributed by atoms with Gasteiger partial charge in [0.1, 0.15) is 5.75 Å². The van der Waals surface area contributed by atoms with Crippen molar-refractivity contribution >= 4 is 17.9 Å². The van der Waals surface area contributed by atoms with Crippen molar-refractivity contribution < 1.29 is 19.4 Å². The van der Waals surface area contributed by atoms with E-state index in [1.165, 1.54) is 25.7 Å². The van der Waals surface area contributed by atoms with E-state index in [0.717, 1.165) is 55.5 Å². The number of carbonyl (C=O) groups is 1. The van der Waals surface area contributed by atoms with Gasteiger partial charge in [-0.15, -0.1) is 5.76 Å². The molecule has 0 bridgehead atoms. The Balaban J connectivity index is 2.54. The average Bonchev–Trinajstić information content (AvgIpc) is 2.85. The van der Waals surface area contributed by atoms with E-state index in [9.17, 15) is 9.90 Å². The van der Waals surface area contributed by atoms with E-state index < -0.39 is 0 Å². The lowest BCUT2D eigenvalue weighted by molar-refractivity contribution is -0.307. The number of nitrogens with zero attached hydrogens (tertiary/aromatic N) is 1. The molecule has 0 amide bonds. The number of benzene rings is 1. The fraction of sp³-hybridized carbons (Fsp3) is 0.586. The number of hydrogen-bond acceptors (Lipinski definition) is 5. The zero-order valence-electron chi connectivity index (χ0n) is 21.4. The Hall–Kier alpha value is -2.56. The zero-order valence-corrected chi connectivity index (χ0v) is 21.4. The van der Waals surface area contributed by atoms with Crippen LogP contribution in [0.15, 0.2) is 51.7 Å². The Morgan fingerprint density at radius 2 is 1.59 bits per heavy atom. The van der Waals surface area contributed by atoms with Crippen LogP contribution < -0.4 is 9.84 Å². The quantitative estimate of drug-likeness (QED) is 0.305. The maximum Gasteiger partial charge on any atom is 0.334 e. The lowest BCUT2D eigenvalue weighted by Crippen LogP contribution is -2.16. The molecule has 0 aliphatic heterocycles. The van der Waals surface area contributed by atoms with Gasteiger partial charge in [-0.2, -0.15) is 0 Å². The molecule has 0 unspecified atom stereocenters. The molecule has 0 saturated heterocycles. The van der Waals surface area contributed by atoms with Gasteiger partial charge >= 0.3 is 5.97 Å². The molecule has 188 valence electrons. The predicted octanol–water partition coefficient (Wildman–Crippen LogP) is 6.98. The van der Waals surface area contributed by atoms with Crippen molar-refractivity contribution in [1.82, 2.24) is 0 Å². The first kappa shape index (κ1) is 27.7. The van der Waals surface area contributed by atoms with E-state index in [0.29, 0.717) is 37.0 Å². The van der Waals surface area contributed by atoms with Gasteiger partial charge in [-0.1, -0.05) is 58.3 Å². The van der Waals surface area contributed by atoms with Crippen molar-refractivity contribution in [1.29, 1.82) is 0 Å². The van der Waals surface area contributed by atoms with Crippen LogP contribution in [-0.2, 0) is 9.53 Å². The molecule has 0 N–H and O–H groups in total. The van der Waals surface area contributed by atoms with E-state index in [2.05, 4.69) is 11.9 Å². The predicted molar refractivity (Wildman–Crippen MR) is 138 cm³/mol. The molecule has 1 aromatic rings. The molecule has 0 radical (unpaired) electrons. The van der Waals surface area contributed by atoms with Crippen LogP contribution in [0, 0.1) is 0 Å². The van der Waals surface area contributed by atoms with Crippen molar-refractivity contribution in [2.75, 3.05) is 13.7 Å². The molecule has 0 atom stereocenters. The summed E-state index contributed by atoms with van der Waals surface area (Å²) in [6.07, 6.45) is 14.1. The minimum absolute atomic E-state index is 0.0715. The normalized spacial score (nSPS) is 21.3. The molecule has 2 rings (SSSR count). The molecule has 1 aliphatic carbocycles. The summed E-state index contributed by atoms with van der Waals surface area (Å²) >= 11 is 0. The van der Waals surface area contributed by atoms with E-state index >= 15 is 0 Å². The van der Waals surface area contributed by atoms with Gasteiger partial charge < -0.3 is 14.6 Å². The second kappa shape index (κ2) is 16.1. The summed E-state index contributed by atoms with van der Waals surface area (Å²) in [7, 11) is 1.63. The van der Waals surface area contributed by atoms with Crippen LogP contribution in [0.1, 0.15) is 97.3 Å². The first-order valence-corrected chi connectivity index (χ1v) is 13.1. The second-order valence-electron chi connectivity index (χ2n) is 8.90. The minimum atomic E-state index is -0.288. The molecule has 34 heavy (non-hydrogen) atoms. The van der Waals surface area contributed by atoms with E-state index in [-0.39, 0.29) is 11.7 Å². The highest BCUT2D eigenvalue weighted by Crippen LogP contribution is 2.29. The monoisotopic (exact) mass is 468 g/mol. The average molecular weight is 469 g/mol. The molecule has 0 fully saturated rings. The first-order valence-electron chi connectivity index (χ1n) is 13.1. The number of ether oxygens (including phenoxy) is 2. The highest BCUT2D eigenvalue weighted by molar-refractivity contribution is 5.95. The van der Waals surface area contributed by atoms with Crippen LogP contribution >= 0.6 is 0 Å². The summed E-state index contributed by atoms with van der Waals surface area (Å²) in [5, 5.41) is 13.5. The van der Waals surface area contributed by atoms with E-state index in [1.54, 1.807) is 13.3 Å². The van der Waals surface area contributed by atoms with Crippen molar-refractivity contribution in [3.63, 3.8) is 0 Å². The summed E-state index contributed by atoms with van der Waals surface area (Å²) in [6, 6.07) is 7.44. The van der Waals surface area contributed by atoms with E-state index in [4.69, 9.17) is 9.47 Å².